The van der Waals surface area contributed by atoms with Crippen LogP contribution in [0.4, 0.5) is 4.39 Å². The van der Waals surface area contributed by atoms with Gasteiger partial charge in [0.25, 0.3) is 0 Å². The van der Waals surface area contributed by atoms with Crippen molar-refractivity contribution in [2.45, 2.75) is 13.3 Å². The van der Waals surface area contributed by atoms with E-state index >= 15 is 0 Å². The zero-order valence-corrected chi connectivity index (χ0v) is 8.69. The van der Waals surface area contributed by atoms with Crippen molar-refractivity contribution in [1.82, 2.24) is 0 Å². The molecule has 1 aromatic carbocycles. The van der Waals surface area contributed by atoms with E-state index in [0.29, 0.717) is 5.75 Å². The number of carbonyl (C=O) groups is 1. The van der Waals surface area contributed by atoms with E-state index in [1.165, 1.54) is 26.2 Å². The summed E-state index contributed by atoms with van der Waals surface area (Å²) in [6.07, 6.45) is 0.00859. The molecule has 0 bridgehead atoms. The lowest BCUT2D eigenvalue weighted by Crippen LogP contribution is -2.01. The minimum Gasteiger partial charge on any atom is -0.497 e. The normalized spacial score (nSPS) is 10.0. The van der Waals surface area contributed by atoms with E-state index in [4.69, 9.17) is 16.3 Å². The number of ether oxygens (including phenoxy) is 1. The fourth-order valence-electron chi connectivity index (χ4n) is 1.12. The van der Waals surface area contributed by atoms with E-state index in [1.807, 2.05) is 0 Å². The minimum absolute atomic E-state index is 0.00859. The van der Waals surface area contributed by atoms with Gasteiger partial charge in [0.2, 0.25) is 0 Å². The van der Waals surface area contributed by atoms with Crippen molar-refractivity contribution in [3.8, 4) is 5.75 Å². The molecule has 0 atom stereocenters. The quantitative estimate of drug-likeness (QED) is 0.777. The fourth-order valence-corrected chi connectivity index (χ4v) is 1.38. The molecule has 4 heteroatoms. The first-order valence-corrected chi connectivity index (χ1v) is 4.43. The van der Waals surface area contributed by atoms with Gasteiger partial charge < -0.3 is 4.74 Å². The van der Waals surface area contributed by atoms with Gasteiger partial charge >= 0.3 is 0 Å². The average Bonchev–Trinajstić information content (AvgIpc) is 2.10. The molecule has 0 saturated heterocycles. The Hall–Kier alpha value is -1.09. The van der Waals surface area contributed by atoms with E-state index < -0.39 is 5.82 Å². The van der Waals surface area contributed by atoms with Gasteiger partial charge in [0.05, 0.1) is 12.1 Å². The lowest BCUT2D eigenvalue weighted by Gasteiger charge is -2.06. The molecule has 0 amide bonds. The SMILES string of the molecule is COc1cc(F)c(CC(C)=O)c(Cl)c1. The van der Waals surface area contributed by atoms with Gasteiger partial charge in [0, 0.05) is 18.1 Å². The van der Waals surface area contributed by atoms with Crippen molar-refractivity contribution in [3.05, 3.63) is 28.5 Å². The summed E-state index contributed by atoms with van der Waals surface area (Å²) in [5.74, 6) is -0.291. The largest absolute Gasteiger partial charge is 0.497 e. The van der Waals surface area contributed by atoms with Crippen molar-refractivity contribution in [1.29, 1.82) is 0 Å². The Morgan fingerprint density at radius 2 is 2.21 bits per heavy atom. The van der Waals surface area contributed by atoms with E-state index in [0.717, 1.165) is 0 Å². The molecule has 0 aromatic heterocycles. The van der Waals surface area contributed by atoms with Crippen LogP contribution >= 0.6 is 11.6 Å². The lowest BCUT2D eigenvalue weighted by atomic mass is 10.1. The highest BCUT2D eigenvalue weighted by atomic mass is 35.5. The van der Waals surface area contributed by atoms with Crippen LogP contribution in [0.3, 0.4) is 0 Å². The predicted octanol–water partition coefficient (Wildman–Crippen LogP) is 2.62. The molecule has 0 radical (unpaired) electrons. The second-order valence-corrected chi connectivity index (χ2v) is 3.36. The number of ketones is 1. The monoisotopic (exact) mass is 216 g/mol. The van der Waals surface area contributed by atoms with Crippen LogP contribution < -0.4 is 4.74 Å². The standard InChI is InChI=1S/C10H10ClFO2/c1-6(13)3-8-9(11)4-7(14-2)5-10(8)12/h4-5H,3H2,1-2H3. The summed E-state index contributed by atoms with van der Waals surface area (Å²) in [5, 5.41) is 0.219. The first-order valence-electron chi connectivity index (χ1n) is 4.06. The molecule has 0 aliphatic heterocycles. The molecule has 0 aliphatic carbocycles. The maximum absolute atomic E-state index is 13.3. The molecule has 0 N–H and O–H groups in total. The minimum atomic E-state index is -0.510. The molecule has 2 nitrogen and oxygen atoms in total. The zero-order chi connectivity index (χ0) is 10.7. The fraction of sp³-hybridized carbons (Fsp3) is 0.300. The molecule has 0 fully saturated rings. The molecular formula is C10H10ClFO2. The molecule has 0 saturated carbocycles. The molecular weight excluding hydrogens is 207 g/mol. The molecule has 1 rings (SSSR count). The second kappa shape index (κ2) is 4.42. The lowest BCUT2D eigenvalue weighted by molar-refractivity contribution is -0.116. The maximum Gasteiger partial charge on any atom is 0.134 e. The van der Waals surface area contributed by atoms with Crippen LogP contribution in [0.2, 0.25) is 5.02 Å². The van der Waals surface area contributed by atoms with E-state index in [2.05, 4.69) is 0 Å². The van der Waals surface area contributed by atoms with Crippen molar-refractivity contribution >= 4 is 17.4 Å². The number of halogens is 2. The summed E-state index contributed by atoms with van der Waals surface area (Å²) < 4.78 is 18.2. The molecule has 0 spiro atoms. The topological polar surface area (TPSA) is 26.3 Å². The second-order valence-electron chi connectivity index (χ2n) is 2.95. The third kappa shape index (κ3) is 2.45. The number of hydrogen-bond donors (Lipinski definition) is 0. The molecule has 1 aromatic rings. The van der Waals surface area contributed by atoms with Gasteiger partial charge in [-0.05, 0) is 13.0 Å². The van der Waals surface area contributed by atoms with E-state index in [-0.39, 0.29) is 22.8 Å². The van der Waals surface area contributed by atoms with E-state index in [9.17, 15) is 9.18 Å². The Labute approximate surface area is 86.6 Å². The smallest absolute Gasteiger partial charge is 0.134 e. The highest BCUT2D eigenvalue weighted by Crippen LogP contribution is 2.26. The van der Waals surface area contributed by atoms with Gasteiger partial charge in [0.1, 0.15) is 17.3 Å². The number of carbonyl (C=O) groups excluding carboxylic acids is 1. The zero-order valence-electron chi connectivity index (χ0n) is 7.93. The Morgan fingerprint density at radius 3 is 2.64 bits per heavy atom. The third-order valence-corrected chi connectivity index (χ3v) is 2.11. The van der Waals surface area contributed by atoms with Gasteiger partial charge in [-0.3, -0.25) is 4.79 Å². The van der Waals surface area contributed by atoms with Crippen LogP contribution in [0, 0.1) is 5.82 Å². The third-order valence-electron chi connectivity index (χ3n) is 1.78. The number of rotatable bonds is 3. The van der Waals surface area contributed by atoms with Gasteiger partial charge in [-0.15, -0.1) is 0 Å². The van der Waals surface area contributed by atoms with Crippen LogP contribution in [0.1, 0.15) is 12.5 Å². The van der Waals surface area contributed by atoms with Gasteiger partial charge in [-0.2, -0.15) is 0 Å². The first-order chi connectivity index (χ1) is 6.54. The Kier molecular flexibility index (Phi) is 3.47. The molecule has 0 heterocycles. The highest BCUT2D eigenvalue weighted by Gasteiger charge is 2.11. The maximum atomic E-state index is 13.3. The highest BCUT2D eigenvalue weighted by molar-refractivity contribution is 6.31. The first kappa shape index (κ1) is 11.0. The van der Waals surface area contributed by atoms with Crippen LogP contribution in [-0.4, -0.2) is 12.9 Å². The molecule has 76 valence electrons. The van der Waals surface area contributed by atoms with Crippen molar-refractivity contribution in [2.24, 2.45) is 0 Å². The van der Waals surface area contributed by atoms with Gasteiger partial charge in [-0.25, -0.2) is 4.39 Å². The summed E-state index contributed by atoms with van der Waals surface area (Å²) in [4.78, 5) is 10.8. The number of benzene rings is 1. The number of methoxy groups -OCH3 is 1. The Balaban J connectivity index is 3.11. The Morgan fingerprint density at radius 1 is 1.57 bits per heavy atom. The Bertz CT molecular complexity index is 340. The van der Waals surface area contributed by atoms with E-state index in [1.54, 1.807) is 0 Å². The summed E-state index contributed by atoms with van der Waals surface area (Å²) in [6, 6.07) is 2.70. The van der Waals surface area contributed by atoms with Crippen molar-refractivity contribution < 1.29 is 13.9 Å². The number of Topliss-reactive ketones (excluding diaryl/α,β-unsaturated/α-hetero) is 1. The van der Waals surface area contributed by atoms with Crippen LogP contribution in [0.25, 0.3) is 0 Å². The van der Waals surface area contributed by atoms with Gasteiger partial charge in [-0.1, -0.05) is 11.6 Å². The summed E-state index contributed by atoms with van der Waals surface area (Å²) in [6.45, 7) is 1.39. The molecule has 0 unspecified atom stereocenters. The molecule has 0 aliphatic rings. The predicted molar refractivity (Wildman–Crippen MR) is 52.3 cm³/mol. The van der Waals surface area contributed by atoms with Crippen LogP contribution in [-0.2, 0) is 11.2 Å². The van der Waals surface area contributed by atoms with Crippen LogP contribution in [0.15, 0.2) is 12.1 Å². The van der Waals surface area contributed by atoms with Crippen molar-refractivity contribution in [2.75, 3.05) is 7.11 Å². The summed E-state index contributed by atoms with van der Waals surface area (Å²) in [7, 11) is 1.43. The van der Waals surface area contributed by atoms with Crippen LogP contribution in [0.5, 0.6) is 5.75 Å². The van der Waals surface area contributed by atoms with Gasteiger partial charge in [0.15, 0.2) is 0 Å². The number of hydrogen-bond acceptors (Lipinski definition) is 2. The molecule has 14 heavy (non-hydrogen) atoms. The summed E-state index contributed by atoms with van der Waals surface area (Å²) >= 11 is 5.79. The van der Waals surface area contributed by atoms with Crippen molar-refractivity contribution in [3.63, 3.8) is 0 Å². The summed E-state index contributed by atoms with van der Waals surface area (Å²) in [5.41, 5.74) is 0.222. The average molecular weight is 217 g/mol.